The minimum absolute atomic E-state index is 0.225. The summed E-state index contributed by atoms with van der Waals surface area (Å²) in [5.41, 5.74) is 0.993. The molecule has 1 fully saturated rings. The Morgan fingerprint density at radius 1 is 1.19 bits per heavy atom. The van der Waals surface area contributed by atoms with Crippen LogP contribution in [0.3, 0.4) is 0 Å². The molecule has 9 heteroatoms. The predicted molar refractivity (Wildman–Crippen MR) is 108 cm³/mol. The van der Waals surface area contributed by atoms with Gasteiger partial charge in [0.1, 0.15) is 0 Å². The number of nitrogens with one attached hydrogen (secondary N) is 1. The summed E-state index contributed by atoms with van der Waals surface area (Å²) in [6.07, 6.45) is 0.776. The summed E-state index contributed by atoms with van der Waals surface area (Å²) in [5.74, 6) is 1.07. The Hall–Kier alpha value is -1.84. The lowest BCUT2D eigenvalue weighted by Gasteiger charge is -2.35. The molecule has 0 atom stereocenters. The van der Waals surface area contributed by atoms with Gasteiger partial charge >= 0.3 is 0 Å². The molecule has 2 heterocycles. The fraction of sp³-hybridized carbons (Fsp3) is 0.500. The molecule has 0 aliphatic carbocycles. The first-order valence-electron chi connectivity index (χ1n) is 8.95. The molecule has 0 spiro atoms. The average molecular weight is 412 g/mol. The van der Waals surface area contributed by atoms with E-state index in [1.165, 1.54) is 4.31 Å². The molecule has 3 rings (SSSR count). The van der Waals surface area contributed by atoms with Crippen LogP contribution < -0.4 is 14.8 Å². The summed E-state index contributed by atoms with van der Waals surface area (Å²) in [5, 5.41) is 3.77. The van der Waals surface area contributed by atoms with E-state index < -0.39 is 10.0 Å². The molecule has 7 nitrogen and oxygen atoms in total. The van der Waals surface area contributed by atoms with Crippen LogP contribution in [0, 0.1) is 0 Å². The molecule has 148 valence electrons. The second-order valence-electron chi connectivity index (χ2n) is 6.67. The highest BCUT2D eigenvalue weighted by molar-refractivity contribution is 7.89. The molecule has 0 radical (unpaired) electrons. The van der Waals surface area contributed by atoms with E-state index in [1.54, 1.807) is 18.2 Å². The number of sulfonamides is 1. The van der Waals surface area contributed by atoms with Crippen molar-refractivity contribution in [1.82, 2.24) is 14.5 Å². The Morgan fingerprint density at radius 2 is 1.85 bits per heavy atom. The highest BCUT2D eigenvalue weighted by Crippen LogP contribution is 2.33. The van der Waals surface area contributed by atoms with Gasteiger partial charge in [0.2, 0.25) is 10.0 Å². The first-order chi connectivity index (χ1) is 12.9. The van der Waals surface area contributed by atoms with Crippen molar-refractivity contribution in [2.75, 3.05) is 45.9 Å². The largest absolute Gasteiger partial charge is 0.490 e. The number of hydrogen-bond acceptors (Lipinski definition) is 5. The normalized spacial score (nSPS) is 17.9. The molecule has 0 unspecified atom stereocenters. The summed E-state index contributed by atoms with van der Waals surface area (Å²) >= 11 is 5.37. The van der Waals surface area contributed by atoms with Gasteiger partial charge in [0.25, 0.3) is 0 Å². The maximum absolute atomic E-state index is 13.0. The minimum atomic E-state index is -3.59. The number of fused-ring (bicyclic) bond motifs is 1. The summed E-state index contributed by atoms with van der Waals surface area (Å²) in [7, 11) is -3.59. The van der Waals surface area contributed by atoms with Crippen molar-refractivity contribution in [3.63, 3.8) is 0 Å². The van der Waals surface area contributed by atoms with Gasteiger partial charge in [-0.15, -0.1) is 0 Å². The number of hydrogen-bond donors (Lipinski definition) is 1. The maximum Gasteiger partial charge on any atom is 0.243 e. The third kappa shape index (κ3) is 4.72. The molecular formula is C18H25N3O4S2. The van der Waals surface area contributed by atoms with Gasteiger partial charge in [0, 0.05) is 45.2 Å². The molecule has 27 heavy (non-hydrogen) atoms. The first-order valence-corrected chi connectivity index (χ1v) is 10.8. The number of piperazine rings is 1. The smallest absolute Gasteiger partial charge is 0.243 e. The summed E-state index contributed by atoms with van der Waals surface area (Å²) in [6, 6.07) is 4.80. The van der Waals surface area contributed by atoms with E-state index in [0.29, 0.717) is 62.5 Å². The zero-order valence-electron chi connectivity index (χ0n) is 15.4. The standard InChI is InChI=1S/C18H25N3O4S2/c1-14(2)13-19-18(26)20-6-8-21(9-7-20)27(22,23)15-4-5-16-17(12-15)25-11-3-10-24-16/h4-5,12H,1,3,6-11,13H2,2H3,(H,19,26). The first kappa shape index (κ1) is 19.9. The third-order valence-corrected chi connectivity index (χ3v) is 6.72. The summed E-state index contributed by atoms with van der Waals surface area (Å²) < 4.78 is 38.7. The van der Waals surface area contributed by atoms with Crippen LogP contribution in [0.4, 0.5) is 0 Å². The van der Waals surface area contributed by atoms with Gasteiger partial charge in [-0.1, -0.05) is 12.2 Å². The molecule has 1 aromatic carbocycles. The van der Waals surface area contributed by atoms with Crippen LogP contribution in [-0.4, -0.2) is 68.7 Å². The molecule has 0 bridgehead atoms. The fourth-order valence-corrected chi connectivity index (χ4v) is 4.62. The lowest BCUT2D eigenvalue weighted by molar-refractivity contribution is 0.264. The third-order valence-electron chi connectivity index (χ3n) is 4.42. The van der Waals surface area contributed by atoms with E-state index in [-0.39, 0.29) is 4.90 Å². The maximum atomic E-state index is 13.0. The van der Waals surface area contributed by atoms with Crippen molar-refractivity contribution < 1.29 is 17.9 Å². The van der Waals surface area contributed by atoms with Gasteiger partial charge in [-0.2, -0.15) is 4.31 Å². The molecule has 0 amide bonds. The van der Waals surface area contributed by atoms with E-state index in [1.807, 2.05) is 11.8 Å². The van der Waals surface area contributed by atoms with E-state index >= 15 is 0 Å². The van der Waals surface area contributed by atoms with Crippen LogP contribution in [0.15, 0.2) is 35.2 Å². The predicted octanol–water partition coefficient (Wildman–Crippen LogP) is 1.60. The van der Waals surface area contributed by atoms with E-state index in [4.69, 9.17) is 21.7 Å². The molecule has 0 saturated carbocycles. The number of thiocarbonyl (C=S) groups is 1. The lowest BCUT2D eigenvalue weighted by Crippen LogP contribution is -2.53. The van der Waals surface area contributed by atoms with Gasteiger partial charge in [-0.05, 0) is 31.3 Å². The number of benzene rings is 1. The van der Waals surface area contributed by atoms with Crippen LogP contribution >= 0.6 is 12.2 Å². The van der Waals surface area contributed by atoms with Crippen molar-refractivity contribution in [1.29, 1.82) is 0 Å². The minimum Gasteiger partial charge on any atom is -0.490 e. The monoisotopic (exact) mass is 411 g/mol. The summed E-state index contributed by atoms with van der Waals surface area (Å²) in [4.78, 5) is 2.21. The fourth-order valence-electron chi connectivity index (χ4n) is 2.92. The molecule has 2 aliphatic heterocycles. The van der Waals surface area contributed by atoms with Crippen molar-refractivity contribution in [2.45, 2.75) is 18.2 Å². The van der Waals surface area contributed by atoms with E-state index in [0.717, 1.165) is 12.0 Å². The highest BCUT2D eigenvalue weighted by Gasteiger charge is 2.30. The summed E-state index contributed by atoms with van der Waals surface area (Å²) in [6.45, 7) is 9.33. The van der Waals surface area contributed by atoms with E-state index in [2.05, 4.69) is 11.9 Å². The molecular weight excluding hydrogens is 386 g/mol. The van der Waals surface area contributed by atoms with Gasteiger partial charge in [0.15, 0.2) is 16.6 Å². The quantitative estimate of drug-likeness (QED) is 0.596. The van der Waals surface area contributed by atoms with Crippen molar-refractivity contribution >= 4 is 27.4 Å². The van der Waals surface area contributed by atoms with Crippen LogP contribution in [0.1, 0.15) is 13.3 Å². The zero-order chi connectivity index (χ0) is 19.4. The highest BCUT2D eigenvalue weighted by atomic mass is 32.2. The van der Waals surface area contributed by atoms with Gasteiger partial charge < -0.3 is 19.7 Å². The van der Waals surface area contributed by atoms with Crippen molar-refractivity contribution in [3.05, 3.63) is 30.4 Å². The van der Waals surface area contributed by atoms with E-state index in [9.17, 15) is 8.42 Å². The zero-order valence-corrected chi connectivity index (χ0v) is 17.1. The second-order valence-corrected chi connectivity index (χ2v) is 8.99. The topological polar surface area (TPSA) is 71.1 Å². The Balaban J connectivity index is 1.66. The van der Waals surface area contributed by atoms with Crippen LogP contribution in [0.2, 0.25) is 0 Å². The molecule has 0 aromatic heterocycles. The number of rotatable bonds is 4. The van der Waals surface area contributed by atoms with Gasteiger partial charge in [0.05, 0.1) is 18.1 Å². The van der Waals surface area contributed by atoms with Crippen molar-refractivity contribution in [3.8, 4) is 11.5 Å². The Bertz CT molecular complexity index is 818. The molecule has 2 aliphatic rings. The Morgan fingerprint density at radius 3 is 2.52 bits per heavy atom. The Labute approximate surface area is 166 Å². The number of nitrogens with zero attached hydrogens (tertiary/aromatic N) is 2. The van der Waals surface area contributed by atoms with Crippen LogP contribution in [0.25, 0.3) is 0 Å². The van der Waals surface area contributed by atoms with Crippen LogP contribution in [-0.2, 0) is 10.0 Å². The number of ether oxygens (including phenoxy) is 2. The van der Waals surface area contributed by atoms with Gasteiger partial charge in [-0.25, -0.2) is 8.42 Å². The molecule has 1 N–H and O–H groups in total. The molecule has 1 saturated heterocycles. The van der Waals surface area contributed by atoms with Crippen LogP contribution in [0.5, 0.6) is 11.5 Å². The second kappa shape index (κ2) is 8.45. The van der Waals surface area contributed by atoms with Crippen molar-refractivity contribution in [2.24, 2.45) is 0 Å². The average Bonchev–Trinajstić information content (AvgIpc) is 2.91. The van der Waals surface area contributed by atoms with Gasteiger partial charge in [-0.3, -0.25) is 0 Å². The Kier molecular flexibility index (Phi) is 6.23. The molecule has 1 aromatic rings. The SMILES string of the molecule is C=C(C)CNC(=S)N1CCN(S(=O)(=O)c2ccc3c(c2)OCCCO3)CC1. The lowest BCUT2D eigenvalue weighted by atomic mass is 10.3.